The summed E-state index contributed by atoms with van der Waals surface area (Å²) in [6.07, 6.45) is 6.37. The molecule has 0 radical (unpaired) electrons. The highest BCUT2D eigenvalue weighted by molar-refractivity contribution is 9.10. The first-order valence-electron chi connectivity index (χ1n) is 7.14. The summed E-state index contributed by atoms with van der Waals surface area (Å²) < 4.78 is 1.26. The van der Waals surface area contributed by atoms with E-state index in [-0.39, 0.29) is 0 Å². The van der Waals surface area contributed by atoms with Gasteiger partial charge in [-0.15, -0.1) is 22.9 Å². The quantitative estimate of drug-likeness (QED) is 0.536. The van der Waals surface area contributed by atoms with Gasteiger partial charge in [0.2, 0.25) is 0 Å². The Morgan fingerprint density at radius 1 is 1.37 bits per heavy atom. The highest BCUT2D eigenvalue weighted by Gasteiger charge is 2.38. The van der Waals surface area contributed by atoms with E-state index >= 15 is 0 Å². The van der Waals surface area contributed by atoms with Crippen LogP contribution in [0.2, 0.25) is 0 Å². The topological polar surface area (TPSA) is 0 Å². The lowest BCUT2D eigenvalue weighted by molar-refractivity contribution is 0.102. The summed E-state index contributed by atoms with van der Waals surface area (Å²) >= 11 is 11.9. The molecule has 0 nitrogen and oxygen atoms in total. The maximum atomic E-state index is 6.36. The Kier molecular flexibility index (Phi) is 5.07. The molecule has 0 saturated heterocycles. The second-order valence-electron chi connectivity index (χ2n) is 7.14. The fourth-order valence-electron chi connectivity index (χ4n) is 3.25. The van der Waals surface area contributed by atoms with Gasteiger partial charge in [-0.1, -0.05) is 20.8 Å². The van der Waals surface area contributed by atoms with E-state index in [1.165, 1.54) is 35.0 Å². The molecule has 0 aromatic carbocycles. The Morgan fingerprint density at radius 2 is 2.00 bits per heavy atom. The van der Waals surface area contributed by atoms with Gasteiger partial charge in [-0.05, 0) is 76.2 Å². The van der Waals surface area contributed by atoms with Crippen LogP contribution in [0, 0.1) is 16.7 Å². The molecule has 2 rings (SSSR count). The fourth-order valence-corrected chi connectivity index (χ4v) is 5.27. The van der Waals surface area contributed by atoms with E-state index in [0.717, 1.165) is 18.2 Å². The summed E-state index contributed by atoms with van der Waals surface area (Å²) in [6, 6.07) is 2.16. The van der Waals surface area contributed by atoms with Crippen molar-refractivity contribution in [2.75, 3.05) is 5.88 Å². The maximum absolute atomic E-state index is 6.36. The van der Waals surface area contributed by atoms with Crippen molar-refractivity contribution in [3.05, 3.63) is 20.8 Å². The first kappa shape index (κ1) is 15.9. The molecule has 1 aromatic heterocycles. The molecule has 1 heterocycles. The van der Waals surface area contributed by atoms with Crippen LogP contribution < -0.4 is 0 Å². The first-order valence-corrected chi connectivity index (χ1v) is 9.35. The van der Waals surface area contributed by atoms with E-state index in [1.807, 2.05) is 11.3 Å². The van der Waals surface area contributed by atoms with Gasteiger partial charge in [0, 0.05) is 15.2 Å². The Morgan fingerprint density at radius 3 is 2.42 bits per heavy atom. The summed E-state index contributed by atoms with van der Waals surface area (Å²) in [4.78, 5) is 1.47. The highest BCUT2D eigenvalue weighted by Crippen LogP contribution is 2.48. The van der Waals surface area contributed by atoms with Gasteiger partial charge in [0.15, 0.2) is 0 Å². The van der Waals surface area contributed by atoms with Gasteiger partial charge >= 0.3 is 0 Å². The standard InChI is InChI=1S/C16H24BrClS/c1-15(2,3)12-4-7-16(11-18,8-5-12)10-14-13(17)6-9-19-14/h6,9,12H,4-5,7-8,10-11H2,1-3H3. The molecule has 3 heteroatoms. The lowest BCUT2D eigenvalue weighted by Crippen LogP contribution is -2.35. The van der Waals surface area contributed by atoms with Gasteiger partial charge in [-0.3, -0.25) is 0 Å². The highest BCUT2D eigenvalue weighted by atomic mass is 79.9. The second-order valence-corrected chi connectivity index (χ2v) is 9.26. The summed E-state index contributed by atoms with van der Waals surface area (Å²) in [7, 11) is 0. The van der Waals surface area contributed by atoms with E-state index in [9.17, 15) is 0 Å². The van der Waals surface area contributed by atoms with Crippen LogP contribution in [0.4, 0.5) is 0 Å². The zero-order valence-electron chi connectivity index (χ0n) is 12.1. The van der Waals surface area contributed by atoms with Crippen LogP contribution in [0.5, 0.6) is 0 Å². The normalized spacial score (nSPS) is 28.6. The van der Waals surface area contributed by atoms with Crippen molar-refractivity contribution in [1.82, 2.24) is 0 Å². The molecule has 19 heavy (non-hydrogen) atoms. The molecule has 1 aliphatic carbocycles. The van der Waals surface area contributed by atoms with Crippen molar-refractivity contribution in [3.63, 3.8) is 0 Å². The van der Waals surface area contributed by atoms with E-state index in [2.05, 4.69) is 48.1 Å². The lowest BCUT2D eigenvalue weighted by atomic mass is 9.63. The summed E-state index contributed by atoms with van der Waals surface area (Å²) in [6.45, 7) is 7.13. The summed E-state index contributed by atoms with van der Waals surface area (Å²) in [5.74, 6) is 1.66. The van der Waals surface area contributed by atoms with E-state index in [0.29, 0.717) is 10.8 Å². The van der Waals surface area contributed by atoms with Crippen LogP contribution in [0.25, 0.3) is 0 Å². The maximum Gasteiger partial charge on any atom is 0.0314 e. The van der Waals surface area contributed by atoms with Gasteiger partial charge in [0.05, 0.1) is 0 Å². The largest absolute Gasteiger partial charge is 0.148 e. The average Bonchev–Trinajstić information content (AvgIpc) is 2.74. The molecule has 0 aliphatic heterocycles. The monoisotopic (exact) mass is 362 g/mol. The molecular weight excluding hydrogens is 340 g/mol. The Balaban J connectivity index is 2.04. The molecule has 108 valence electrons. The number of halogens is 2. The van der Waals surface area contributed by atoms with E-state index in [4.69, 9.17) is 11.6 Å². The van der Waals surface area contributed by atoms with E-state index in [1.54, 1.807) is 0 Å². The average molecular weight is 364 g/mol. The zero-order chi connectivity index (χ0) is 14.1. The van der Waals surface area contributed by atoms with Crippen molar-refractivity contribution in [3.8, 4) is 0 Å². The predicted octanol–water partition coefficient (Wildman–Crippen LogP) is 6.51. The zero-order valence-corrected chi connectivity index (χ0v) is 15.3. The SMILES string of the molecule is CC(C)(C)C1CCC(CCl)(Cc2sccc2Br)CC1. The van der Waals surface area contributed by atoms with Crippen molar-refractivity contribution >= 4 is 38.9 Å². The van der Waals surface area contributed by atoms with Crippen LogP contribution in [0.3, 0.4) is 0 Å². The van der Waals surface area contributed by atoms with Gasteiger partial charge in [0.25, 0.3) is 0 Å². The van der Waals surface area contributed by atoms with Gasteiger partial charge < -0.3 is 0 Å². The van der Waals surface area contributed by atoms with Crippen molar-refractivity contribution in [1.29, 1.82) is 0 Å². The Hall–Kier alpha value is 0.470. The van der Waals surface area contributed by atoms with Crippen LogP contribution in [-0.2, 0) is 6.42 Å². The number of alkyl halides is 1. The smallest absolute Gasteiger partial charge is 0.0314 e. The van der Waals surface area contributed by atoms with Gasteiger partial charge in [-0.25, -0.2) is 0 Å². The molecule has 0 atom stereocenters. The Bertz CT molecular complexity index is 411. The molecular formula is C16H24BrClS. The minimum absolute atomic E-state index is 0.330. The van der Waals surface area contributed by atoms with Gasteiger partial charge in [-0.2, -0.15) is 0 Å². The minimum Gasteiger partial charge on any atom is -0.148 e. The predicted molar refractivity (Wildman–Crippen MR) is 90.3 cm³/mol. The number of hydrogen-bond donors (Lipinski definition) is 0. The molecule has 0 unspecified atom stereocenters. The fraction of sp³-hybridized carbons (Fsp3) is 0.750. The van der Waals surface area contributed by atoms with Crippen molar-refractivity contribution < 1.29 is 0 Å². The third kappa shape index (κ3) is 3.77. The van der Waals surface area contributed by atoms with Crippen LogP contribution in [0.1, 0.15) is 51.3 Å². The number of rotatable bonds is 3. The summed E-state index contributed by atoms with van der Waals surface area (Å²) in [5, 5.41) is 2.17. The van der Waals surface area contributed by atoms with Crippen LogP contribution in [0.15, 0.2) is 15.9 Å². The number of thiophene rings is 1. The molecule has 0 bridgehead atoms. The van der Waals surface area contributed by atoms with Gasteiger partial charge in [0.1, 0.15) is 0 Å². The van der Waals surface area contributed by atoms with Crippen LogP contribution >= 0.6 is 38.9 Å². The molecule has 0 amide bonds. The lowest BCUT2D eigenvalue weighted by Gasteiger charge is -2.43. The second kappa shape index (κ2) is 6.07. The first-order chi connectivity index (χ1) is 8.86. The van der Waals surface area contributed by atoms with Crippen molar-refractivity contribution in [2.24, 2.45) is 16.7 Å². The molecule has 1 aromatic rings. The summed E-state index contributed by atoms with van der Waals surface area (Å²) in [5.41, 5.74) is 0.776. The minimum atomic E-state index is 0.330. The Labute approximate surface area is 135 Å². The molecule has 0 spiro atoms. The third-order valence-electron chi connectivity index (χ3n) is 4.78. The van der Waals surface area contributed by atoms with Crippen molar-refractivity contribution in [2.45, 2.75) is 52.9 Å². The van der Waals surface area contributed by atoms with Crippen LogP contribution in [-0.4, -0.2) is 5.88 Å². The molecule has 1 fully saturated rings. The molecule has 1 aliphatic rings. The number of hydrogen-bond acceptors (Lipinski definition) is 1. The molecule has 0 N–H and O–H groups in total. The van der Waals surface area contributed by atoms with E-state index < -0.39 is 0 Å². The third-order valence-corrected chi connectivity index (χ3v) is 7.27. The molecule has 1 saturated carbocycles.